The number of rotatable bonds is 12. The highest BCUT2D eigenvalue weighted by Gasteiger charge is 2.37. The van der Waals surface area contributed by atoms with E-state index in [0.717, 1.165) is 0 Å². The number of carbonyl (C=O) groups is 5. The normalized spacial score (nSPS) is 18.9. The zero-order valence-electron chi connectivity index (χ0n) is 17.7. The summed E-state index contributed by atoms with van der Waals surface area (Å²) in [7, 11) is 0. The van der Waals surface area contributed by atoms with E-state index in [1.54, 1.807) is 13.8 Å². The molecule has 0 aromatic carbocycles. The van der Waals surface area contributed by atoms with Crippen LogP contribution in [-0.2, 0) is 24.0 Å². The number of nitrogens with zero attached hydrogens (tertiary/aromatic N) is 1. The van der Waals surface area contributed by atoms with E-state index in [9.17, 15) is 29.1 Å². The molecule has 12 heteroatoms. The fourth-order valence-corrected chi connectivity index (χ4v) is 3.52. The first-order valence-corrected chi connectivity index (χ1v) is 10.8. The van der Waals surface area contributed by atoms with Crippen molar-refractivity contribution in [2.45, 2.75) is 70.1 Å². The van der Waals surface area contributed by atoms with E-state index in [1.807, 2.05) is 0 Å². The summed E-state index contributed by atoms with van der Waals surface area (Å²) in [5, 5.41) is 23.2. The van der Waals surface area contributed by atoms with Crippen molar-refractivity contribution < 1.29 is 34.2 Å². The average molecular weight is 461 g/mol. The number of likely N-dealkylation sites (tertiary alicyclic amines) is 1. The van der Waals surface area contributed by atoms with Crippen molar-refractivity contribution >= 4 is 42.3 Å². The lowest BCUT2D eigenvalue weighted by molar-refractivity contribution is -0.144. The van der Waals surface area contributed by atoms with Gasteiger partial charge in [-0.3, -0.25) is 19.2 Å². The fraction of sp³-hybridized carbons (Fsp3) is 0.737. The van der Waals surface area contributed by atoms with E-state index in [-0.39, 0.29) is 24.5 Å². The van der Waals surface area contributed by atoms with Crippen LogP contribution in [-0.4, -0.2) is 81.2 Å². The van der Waals surface area contributed by atoms with Gasteiger partial charge in [0.05, 0.1) is 6.04 Å². The second-order valence-corrected chi connectivity index (χ2v) is 8.37. The molecule has 0 bridgehead atoms. The van der Waals surface area contributed by atoms with Gasteiger partial charge in [-0.05, 0) is 31.6 Å². The third-order valence-corrected chi connectivity index (χ3v) is 5.35. The van der Waals surface area contributed by atoms with Gasteiger partial charge < -0.3 is 31.5 Å². The number of carbonyl (C=O) groups excluding carboxylic acids is 3. The molecule has 1 rings (SSSR count). The van der Waals surface area contributed by atoms with Crippen LogP contribution < -0.4 is 16.4 Å². The number of amides is 3. The molecule has 4 unspecified atom stereocenters. The highest BCUT2D eigenvalue weighted by Crippen LogP contribution is 2.19. The van der Waals surface area contributed by atoms with Crippen LogP contribution in [0.5, 0.6) is 0 Å². The zero-order chi connectivity index (χ0) is 23.7. The molecule has 176 valence electrons. The molecule has 1 saturated heterocycles. The van der Waals surface area contributed by atoms with Crippen molar-refractivity contribution in [3.8, 4) is 0 Å². The van der Waals surface area contributed by atoms with Crippen molar-refractivity contribution in [3.05, 3.63) is 0 Å². The summed E-state index contributed by atoms with van der Waals surface area (Å²) in [5.74, 6) is -4.12. The van der Waals surface area contributed by atoms with Crippen LogP contribution in [0.1, 0.15) is 46.0 Å². The Morgan fingerprint density at radius 1 is 1.13 bits per heavy atom. The molecule has 31 heavy (non-hydrogen) atoms. The van der Waals surface area contributed by atoms with Gasteiger partial charge >= 0.3 is 11.9 Å². The number of aliphatic carboxylic acids is 2. The van der Waals surface area contributed by atoms with E-state index in [2.05, 4.69) is 23.3 Å². The fourth-order valence-electron chi connectivity index (χ4n) is 3.36. The molecule has 1 heterocycles. The van der Waals surface area contributed by atoms with E-state index in [4.69, 9.17) is 10.8 Å². The van der Waals surface area contributed by atoms with Gasteiger partial charge in [0.2, 0.25) is 17.7 Å². The zero-order valence-corrected chi connectivity index (χ0v) is 18.6. The third-order valence-electron chi connectivity index (χ3n) is 4.95. The minimum absolute atomic E-state index is 0.0115. The van der Waals surface area contributed by atoms with Crippen LogP contribution in [0, 0.1) is 5.92 Å². The summed E-state index contributed by atoms with van der Waals surface area (Å²) in [4.78, 5) is 61.7. The van der Waals surface area contributed by atoms with Gasteiger partial charge in [-0.25, -0.2) is 4.79 Å². The second-order valence-electron chi connectivity index (χ2n) is 8.00. The molecule has 3 amide bonds. The lowest BCUT2D eigenvalue weighted by atomic mass is 10.0. The predicted octanol–water partition coefficient (Wildman–Crippen LogP) is -0.800. The molecule has 6 N–H and O–H groups in total. The van der Waals surface area contributed by atoms with E-state index >= 15 is 0 Å². The van der Waals surface area contributed by atoms with Crippen LogP contribution in [0.15, 0.2) is 0 Å². The highest BCUT2D eigenvalue weighted by atomic mass is 32.1. The molecule has 1 fully saturated rings. The van der Waals surface area contributed by atoms with E-state index < -0.39 is 60.2 Å². The first kappa shape index (κ1) is 26.7. The van der Waals surface area contributed by atoms with Crippen LogP contribution in [0.3, 0.4) is 0 Å². The maximum absolute atomic E-state index is 12.8. The molecule has 0 spiro atoms. The smallest absolute Gasteiger partial charge is 0.326 e. The topological polar surface area (TPSA) is 179 Å². The van der Waals surface area contributed by atoms with E-state index in [0.29, 0.717) is 19.4 Å². The quantitative estimate of drug-likeness (QED) is 0.205. The Morgan fingerprint density at radius 3 is 2.29 bits per heavy atom. The molecule has 1 aliphatic rings. The number of hydrogen-bond acceptors (Lipinski definition) is 7. The third kappa shape index (κ3) is 8.37. The standard InChI is InChI=1S/C19H32N4O7S/c1-10(2)8-13(19(29)30)22-16(26)12(5-6-15(24)25)21-17(27)14-4-3-7-23(14)18(28)11(20)9-31/h10-14,31H,3-9,20H2,1-2H3,(H,21,27)(H,22,26)(H,24,25)(H,29,30). The summed E-state index contributed by atoms with van der Waals surface area (Å²) in [6, 6.07) is -4.14. The molecule has 0 aliphatic carbocycles. The summed E-state index contributed by atoms with van der Waals surface area (Å²) in [6.07, 6.45) is 0.489. The Morgan fingerprint density at radius 2 is 1.77 bits per heavy atom. The first-order valence-electron chi connectivity index (χ1n) is 10.2. The molecule has 4 atom stereocenters. The number of nitrogens with two attached hydrogens (primary N) is 1. The summed E-state index contributed by atoms with van der Waals surface area (Å²) in [6.45, 7) is 3.93. The Bertz CT molecular complexity index is 688. The lowest BCUT2D eigenvalue weighted by Crippen LogP contribution is -2.57. The minimum atomic E-state index is -1.26. The molecule has 0 saturated carbocycles. The lowest BCUT2D eigenvalue weighted by Gasteiger charge is -2.28. The maximum Gasteiger partial charge on any atom is 0.326 e. The predicted molar refractivity (Wildman–Crippen MR) is 114 cm³/mol. The number of carboxylic acids is 2. The van der Waals surface area contributed by atoms with Crippen LogP contribution in [0.4, 0.5) is 0 Å². The van der Waals surface area contributed by atoms with Crippen molar-refractivity contribution in [1.82, 2.24) is 15.5 Å². The summed E-state index contributed by atoms with van der Waals surface area (Å²) in [5.41, 5.74) is 5.73. The van der Waals surface area contributed by atoms with Gasteiger partial charge in [0.25, 0.3) is 0 Å². The average Bonchev–Trinajstić information content (AvgIpc) is 3.18. The number of thiol groups is 1. The molecule has 11 nitrogen and oxygen atoms in total. The van der Waals surface area contributed by atoms with Gasteiger partial charge in [-0.15, -0.1) is 0 Å². The Hall–Kier alpha value is -2.34. The van der Waals surface area contributed by atoms with Crippen molar-refractivity contribution in [1.29, 1.82) is 0 Å². The van der Waals surface area contributed by atoms with Gasteiger partial charge in [-0.2, -0.15) is 12.6 Å². The van der Waals surface area contributed by atoms with Crippen LogP contribution in [0.25, 0.3) is 0 Å². The highest BCUT2D eigenvalue weighted by molar-refractivity contribution is 7.80. The minimum Gasteiger partial charge on any atom is -0.481 e. The van der Waals surface area contributed by atoms with Crippen LogP contribution >= 0.6 is 12.6 Å². The Balaban J connectivity index is 2.93. The van der Waals surface area contributed by atoms with Gasteiger partial charge in [0.1, 0.15) is 18.1 Å². The number of carboxylic acid groups (broad SMARTS) is 2. The van der Waals surface area contributed by atoms with Crippen LogP contribution in [0.2, 0.25) is 0 Å². The van der Waals surface area contributed by atoms with E-state index in [1.165, 1.54) is 4.90 Å². The summed E-state index contributed by atoms with van der Waals surface area (Å²) < 4.78 is 0. The van der Waals surface area contributed by atoms with Crippen molar-refractivity contribution in [2.24, 2.45) is 11.7 Å². The number of hydrogen-bond donors (Lipinski definition) is 6. The van der Waals surface area contributed by atoms with Gasteiger partial charge in [0, 0.05) is 18.7 Å². The molecular weight excluding hydrogens is 428 g/mol. The van der Waals surface area contributed by atoms with Gasteiger partial charge in [-0.1, -0.05) is 13.8 Å². The maximum atomic E-state index is 12.8. The molecule has 0 radical (unpaired) electrons. The SMILES string of the molecule is CC(C)CC(NC(=O)C(CCC(=O)O)NC(=O)C1CCCN1C(=O)C(N)CS)C(=O)O. The molecular formula is C19H32N4O7S. The van der Waals surface area contributed by atoms with Crippen molar-refractivity contribution in [2.75, 3.05) is 12.3 Å². The monoisotopic (exact) mass is 460 g/mol. The number of nitrogens with one attached hydrogen (secondary N) is 2. The Kier molecular flexibility index (Phi) is 10.8. The molecule has 0 aromatic rings. The largest absolute Gasteiger partial charge is 0.481 e. The van der Waals surface area contributed by atoms with Gasteiger partial charge in [0.15, 0.2) is 0 Å². The molecule has 1 aliphatic heterocycles. The van der Waals surface area contributed by atoms with Crippen molar-refractivity contribution in [3.63, 3.8) is 0 Å². The summed E-state index contributed by atoms with van der Waals surface area (Å²) >= 11 is 4.00. The molecule has 0 aromatic heterocycles. The second kappa shape index (κ2) is 12.5. The first-order chi connectivity index (χ1) is 14.5. The Labute approximate surface area is 186 Å².